The third-order valence-corrected chi connectivity index (χ3v) is 5.23. The first-order valence-electron chi connectivity index (χ1n) is 10.6. The molecule has 2 N–H and O–H groups in total. The summed E-state index contributed by atoms with van der Waals surface area (Å²) in [6.07, 6.45) is 2.72. The fourth-order valence-corrected chi connectivity index (χ4v) is 3.57. The molecule has 9 nitrogen and oxygen atoms in total. The van der Waals surface area contributed by atoms with Gasteiger partial charge in [0, 0.05) is 30.2 Å². The number of aromatic nitrogens is 2. The molecule has 0 bridgehead atoms. The number of hydrogen-bond acceptors (Lipinski definition) is 7. The molecule has 0 radical (unpaired) electrons. The Labute approximate surface area is 201 Å². The van der Waals surface area contributed by atoms with Gasteiger partial charge in [0.15, 0.2) is 17.3 Å². The molecule has 3 heterocycles. The highest BCUT2D eigenvalue weighted by Gasteiger charge is 2.25. The molecule has 1 amide bonds. The van der Waals surface area contributed by atoms with Gasteiger partial charge in [0.2, 0.25) is 5.88 Å². The summed E-state index contributed by atoms with van der Waals surface area (Å²) in [6.45, 7) is -0.107. The first-order valence-corrected chi connectivity index (χ1v) is 10.6. The molecule has 0 atom stereocenters. The van der Waals surface area contributed by atoms with Gasteiger partial charge in [0.1, 0.15) is 23.6 Å². The number of hydrogen-bond donors (Lipinski definition) is 2. The third-order valence-electron chi connectivity index (χ3n) is 5.23. The number of H-pyrrole nitrogens is 1. The fourth-order valence-electron chi connectivity index (χ4n) is 3.57. The van der Waals surface area contributed by atoms with Crippen molar-refractivity contribution in [2.45, 2.75) is 0 Å². The number of carbonyl (C=O) groups excluding carboxylic acids is 2. The molecule has 1 aliphatic rings. The molecular weight excluding hydrogens is 474 g/mol. The number of aromatic amines is 1. The fraction of sp³-hybridized carbons (Fsp3) is 0.0400. The summed E-state index contributed by atoms with van der Waals surface area (Å²) in [4.78, 5) is 44.5. The summed E-state index contributed by atoms with van der Waals surface area (Å²) in [7, 11) is 0. The Morgan fingerprint density at radius 3 is 2.53 bits per heavy atom. The second-order valence-electron chi connectivity index (χ2n) is 7.56. The van der Waals surface area contributed by atoms with Gasteiger partial charge in [0.05, 0.1) is 5.69 Å². The van der Waals surface area contributed by atoms with Crippen molar-refractivity contribution >= 4 is 28.9 Å². The number of nitrogens with zero attached hydrogens (tertiary/aromatic N) is 2. The van der Waals surface area contributed by atoms with E-state index in [4.69, 9.17) is 9.47 Å². The van der Waals surface area contributed by atoms with Crippen LogP contribution in [0.3, 0.4) is 0 Å². The van der Waals surface area contributed by atoms with Crippen LogP contribution in [0.25, 0.3) is 0 Å². The summed E-state index contributed by atoms with van der Waals surface area (Å²) in [6, 6.07) is 13.0. The maximum atomic E-state index is 15.2. The average molecular weight is 490 g/mol. The molecule has 36 heavy (non-hydrogen) atoms. The van der Waals surface area contributed by atoms with Crippen LogP contribution in [0.2, 0.25) is 0 Å². The van der Waals surface area contributed by atoms with Crippen molar-refractivity contribution in [2.75, 3.05) is 16.8 Å². The first kappa shape index (κ1) is 22.7. The van der Waals surface area contributed by atoms with E-state index in [1.165, 1.54) is 54.9 Å². The second-order valence-corrected chi connectivity index (χ2v) is 7.56. The number of esters is 1. The maximum absolute atomic E-state index is 15.2. The maximum Gasteiger partial charge on any atom is 0.332 e. The van der Waals surface area contributed by atoms with Gasteiger partial charge in [-0.05, 0) is 48.5 Å². The Bertz CT molecular complexity index is 1540. The highest BCUT2D eigenvalue weighted by molar-refractivity contribution is 6.10. The minimum Gasteiger partial charge on any atom is -0.452 e. The number of benzene rings is 2. The lowest BCUT2D eigenvalue weighted by molar-refractivity contribution is -0.133. The summed E-state index contributed by atoms with van der Waals surface area (Å²) in [5.41, 5.74) is -0.250. The van der Waals surface area contributed by atoms with Crippen molar-refractivity contribution in [3.63, 3.8) is 0 Å². The molecule has 0 saturated heterocycles. The number of nitrogens with one attached hydrogen (secondary N) is 2. The predicted molar refractivity (Wildman–Crippen MR) is 125 cm³/mol. The van der Waals surface area contributed by atoms with Crippen LogP contribution < -0.4 is 25.2 Å². The molecule has 5 rings (SSSR count). The Morgan fingerprint density at radius 2 is 1.78 bits per heavy atom. The molecular formula is C25H16F2N4O5. The van der Waals surface area contributed by atoms with E-state index in [9.17, 15) is 18.8 Å². The predicted octanol–water partition coefficient (Wildman–Crippen LogP) is 4.15. The summed E-state index contributed by atoms with van der Waals surface area (Å²) >= 11 is 0. The highest BCUT2D eigenvalue weighted by atomic mass is 19.1. The molecule has 0 fully saturated rings. The summed E-state index contributed by atoms with van der Waals surface area (Å²) < 4.78 is 39.5. The van der Waals surface area contributed by atoms with Crippen LogP contribution in [0.5, 0.6) is 17.4 Å². The zero-order valence-corrected chi connectivity index (χ0v) is 18.3. The molecule has 0 saturated carbocycles. The Hall–Kier alpha value is -5.06. The van der Waals surface area contributed by atoms with Crippen LogP contribution in [0.15, 0.2) is 77.9 Å². The Balaban J connectivity index is 1.52. The van der Waals surface area contributed by atoms with Crippen molar-refractivity contribution in [3.05, 3.63) is 101 Å². The van der Waals surface area contributed by atoms with Gasteiger partial charge in [-0.2, -0.15) is 0 Å². The van der Waals surface area contributed by atoms with Gasteiger partial charge in [-0.3, -0.25) is 14.5 Å². The standard InChI is InChI=1S/C25H16F2N4O5/c26-14-3-5-15(6-4-14)31(25(34)17-2-1-10-28-23(17)33)16-7-8-19(18(27)12-16)35-20-9-11-29-24-22(20)30-13-21(32)36-24/h1-12,30H,13H2,(H,28,33). The quantitative estimate of drug-likeness (QED) is 0.404. The number of fused-ring (bicyclic) bond motifs is 1. The molecule has 0 aliphatic carbocycles. The zero-order valence-electron chi connectivity index (χ0n) is 18.3. The lowest BCUT2D eigenvalue weighted by Crippen LogP contribution is -2.31. The first-order chi connectivity index (χ1) is 17.4. The summed E-state index contributed by atoms with van der Waals surface area (Å²) in [5.74, 6) is -2.64. The van der Waals surface area contributed by atoms with Crippen molar-refractivity contribution in [1.29, 1.82) is 0 Å². The van der Waals surface area contributed by atoms with Crippen LogP contribution in [0, 0.1) is 11.6 Å². The summed E-state index contributed by atoms with van der Waals surface area (Å²) in [5, 5.41) is 2.81. The lowest BCUT2D eigenvalue weighted by Gasteiger charge is -2.23. The molecule has 0 spiro atoms. The van der Waals surface area contributed by atoms with E-state index < -0.39 is 29.1 Å². The smallest absolute Gasteiger partial charge is 0.332 e. The van der Waals surface area contributed by atoms with Gasteiger partial charge in [-0.15, -0.1) is 0 Å². The molecule has 1 aliphatic heterocycles. The van der Waals surface area contributed by atoms with Crippen LogP contribution in [-0.2, 0) is 4.79 Å². The van der Waals surface area contributed by atoms with Gasteiger partial charge >= 0.3 is 5.97 Å². The van der Waals surface area contributed by atoms with Crippen LogP contribution in [-0.4, -0.2) is 28.4 Å². The Kier molecular flexibility index (Phi) is 5.87. The molecule has 2 aromatic carbocycles. The van der Waals surface area contributed by atoms with E-state index in [-0.39, 0.29) is 46.5 Å². The topological polar surface area (TPSA) is 114 Å². The lowest BCUT2D eigenvalue weighted by atomic mass is 10.1. The van der Waals surface area contributed by atoms with E-state index in [1.807, 2.05) is 0 Å². The van der Waals surface area contributed by atoms with Crippen LogP contribution in [0.1, 0.15) is 10.4 Å². The van der Waals surface area contributed by atoms with Gasteiger partial charge in [-0.25, -0.2) is 18.6 Å². The van der Waals surface area contributed by atoms with Crippen molar-refractivity contribution in [3.8, 4) is 17.4 Å². The van der Waals surface area contributed by atoms with E-state index in [0.717, 1.165) is 23.1 Å². The van der Waals surface area contributed by atoms with E-state index in [2.05, 4.69) is 15.3 Å². The van der Waals surface area contributed by atoms with Crippen LogP contribution in [0.4, 0.5) is 25.8 Å². The molecule has 2 aromatic heterocycles. The molecule has 180 valence electrons. The average Bonchev–Trinajstić information content (AvgIpc) is 2.87. The number of anilines is 3. The van der Waals surface area contributed by atoms with Crippen molar-refractivity contribution in [2.24, 2.45) is 0 Å². The van der Waals surface area contributed by atoms with Gasteiger partial charge < -0.3 is 19.8 Å². The van der Waals surface area contributed by atoms with Crippen LogP contribution >= 0.6 is 0 Å². The zero-order chi connectivity index (χ0) is 25.2. The number of amides is 1. The minimum atomic E-state index is -0.826. The van der Waals surface area contributed by atoms with E-state index in [0.29, 0.717) is 0 Å². The molecule has 11 heteroatoms. The normalized spacial score (nSPS) is 12.2. The number of pyridine rings is 2. The number of rotatable bonds is 5. The molecule has 4 aromatic rings. The largest absolute Gasteiger partial charge is 0.452 e. The van der Waals surface area contributed by atoms with Gasteiger partial charge in [-0.1, -0.05) is 0 Å². The van der Waals surface area contributed by atoms with E-state index >= 15 is 4.39 Å². The SMILES string of the molecule is O=C1CNc2c(Oc3ccc(N(C(=O)c4ccc[nH]c4=O)c4ccc(F)cc4)cc3F)ccnc2O1. The minimum absolute atomic E-state index is 0.00180. The number of carbonyl (C=O) groups is 2. The van der Waals surface area contributed by atoms with Gasteiger partial charge in [0.25, 0.3) is 11.5 Å². The monoisotopic (exact) mass is 490 g/mol. The number of halogens is 2. The second kappa shape index (κ2) is 9.29. The van der Waals surface area contributed by atoms with Crippen molar-refractivity contribution < 1.29 is 27.8 Å². The van der Waals surface area contributed by atoms with E-state index in [1.54, 1.807) is 0 Å². The third kappa shape index (κ3) is 4.37. The van der Waals surface area contributed by atoms with Crippen molar-refractivity contribution in [1.82, 2.24) is 9.97 Å². The molecule has 0 unspecified atom stereocenters. The number of ether oxygens (including phenoxy) is 2. The highest BCUT2D eigenvalue weighted by Crippen LogP contribution is 2.39. The Morgan fingerprint density at radius 1 is 1.00 bits per heavy atom.